The van der Waals surface area contributed by atoms with Gasteiger partial charge in [-0.15, -0.1) is 0 Å². The van der Waals surface area contributed by atoms with E-state index in [4.69, 9.17) is 0 Å². The summed E-state index contributed by atoms with van der Waals surface area (Å²) >= 11 is 3.29. The van der Waals surface area contributed by atoms with Crippen molar-refractivity contribution in [3.63, 3.8) is 0 Å². The normalized spacial score (nSPS) is 12.5. The van der Waals surface area contributed by atoms with Crippen LogP contribution in [0.25, 0.3) is 0 Å². The van der Waals surface area contributed by atoms with Gasteiger partial charge in [-0.2, -0.15) is 0 Å². The predicted molar refractivity (Wildman–Crippen MR) is 68.9 cm³/mol. The van der Waals surface area contributed by atoms with Gasteiger partial charge in [-0.05, 0) is 25.5 Å². The lowest BCUT2D eigenvalue weighted by atomic mass is 10.1. The van der Waals surface area contributed by atoms with Crippen LogP contribution in [0.2, 0.25) is 0 Å². The Hall–Kier alpha value is -0.540. The van der Waals surface area contributed by atoms with E-state index in [9.17, 15) is 5.11 Å². The molecule has 0 saturated carbocycles. The van der Waals surface area contributed by atoms with Gasteiger partial charge < -0.3 is 10.0 Å². The van der Waals surface area contributed by atoms with E-state index in [-0.39, 0.29) is 6.10 Å². The number of rotatable bonds is 5. The zero-order valence-electron chi connectivity index (χ0n) is 9.28. The SMILES string of the molecule is CCN(CC(O)CBr)c1ccccc1C. The van der Waals surface area contributed by atoms with E-state index in [2.05, 4.69) is 46.8 Å². The van der Waals surface area contributed by atoms with Crippen LogP contribution < -0.4 is 4.90 Å². The number of para-hydroxylation sites is 1. The molecule has 1 aromatic carbocycles. The Morgan fingerprint density at radius 3 is 2.60 bits per heavy atom. The lowest BCUT2D eigenvalue weighted by Crippen LogP contribution is -2.33. The second-order valence-electron chi connectivity index (χ2n) is 3.63. The number of hydrogen-bond donors (Lipinski definition) is 1. The summed E-state index contributed by atoms with van der Waals surface area (Å²) in [6.07, 6.45) is -0.315. The molecule has 84 valence electrons. The van der Waals surface area contributed by atoms with Gasteiger partial charge in [0, 0.05) is 24.1 Å². The van der Waals surface area contributed by atoms with Gasteiger partial charge in [0.2, 0.25) is 0 Å². The Balaban J connectivity index is 2.78. The Bertz CT molecular complexity index is 303. The minimum Gasteiger partial charge on any atom is -0.390 e. The Morgan fingerprint density at radius 1 is 1.40 bits per heavy atom. The minimum absolute atomic E-state index is 0.315. The molecule has 0 aliphatic carbocycles. The summed E-state index contributed by atoms with van der Waals surface area (Å²) in [5.74, 6) is 0. The quantitative estimate of drug-likeness (QED) is 0.833. The average Bonchev–Trinajstić information content (AvgIpc) is 2.26. The van der Waals surface area contributed by atoms with Crippen molar-refractivity contribution < 1.29 is 5.11 Å². The molecule has 0 aromatic heterocycles. The summed E-state index contributed by atoms with van der Waals surface area (Å²) in [4.78, 5) is 2.20. The van der Waals surface area contributed by atoms with Gasteiger partial charge >= 0.3 is 0 Å². The number of aliphatic hydroxyl groups excluding tert-OH is 1. The fourth-order valence-corrected chi connectivity index (χ4v) is 1.82. The largest absolute Gasteiger partial charge is 0.390 e. The van der Waals surface area contributed by atoms with Gasteiger partial charge in [0.25, 0.3) is 0 Å². The maximum Gasteiger partial charge on any atom is 0.0811 e. The third-order valence-electron chi connectivity index (χ3n) is 2.45. The first-order valence-corrected chi connectivity index (χ1v) is 6.35. The molecule has 1 aromatic rings. The highest BCUT2D eigenvalue weighted by molar-refractivity contribution is 9.09. The number of likely N-dealkylation sites (N-methyl/N-ethyl adjacent to an activating group) is 1. The molecule has 0 heterocycles. The molecular formula is C12H18BrNO. The lowest BCUT2D eigenvalue weighted by Gasteiger charge is -2.26. The molecule has 2 nitrogen and oxygen atoms in total. The molecule has 1 unspecified atom stereocenters. The van der Waals surface area contributed by atoms with Crippen LogP contribution in [-0.4, -0.2) is 29.6 Å². The first kappa shape index (κ1) is 12.5. The van der Waals surface area contributed by atoms with Crippen molar-refractivity contribution in [2.75, 3.05) is 23.3 Å². The first-order chi connectivity index (χ1) is 7.19. The molecule has 15 heavy (non-hydrogen) atoms. The Morgan fingerprint density at radius 2 is 2.07 bits per heavy atom. The van der Waals surface area contributed by atoms with Crippen LogP contribution in [0.1, 0.15) is 12.5 Å². The van der Waals surface area contributed by atoms with Crippen molar-refractivity contribution in [1.29, 1.82) is 0 Å². The number of alkyl halides is 1. The van der Waals surface area contributed by atoms with Crippen molar-refractivity contribution >= 4 is 21.6 Å². The average molecular weight is 272 g/mol. The fraction of sp³-hybridized carbons (Fsp3) is 0.500. The molecule has 0 aliphatic rings. The molecule has 0 fully saturated rings. The molecule has 0 aliphatic heterocycles. The van der Waals surface area contributed by atoms with Gasteiger partial charge in [0.15, 0.2) is 0 Å². The molecule has 3 heteroatoms. The van der Waals surface area contributed by atoms with E-state index in [1.807, 2.05) is 12.1 Å². The number of halogens is 1. The van der Waals surface area contributed by atoms with Crippen molar-refractivity contribution in [1.82, 2.24) is 0 Å². The standard InChI is InChI=1S/C12H18BrNO/c1-3-14(9-11(15)8-13)12-7-5-4-6-10(12)2/h4-7,11,15H,3,8-9H2,1-2H3. The van der Waals surface area contributed by atoms with E-state index < -0.39 is 0 Å². The van der Waals surface area contributed by atoms with E-state index in [0.29, 0.717) is 11.9 Å². The number of anilines is 1. The molecule has 1 N–H and O–H groups in total. The molecule has 1 atom stereocenters. The number of benzene rings is 1. The number of nitrogens with zero attached hydrogens (tertiary/aromatic N) is 1. The monoisotopic (exact) mass is 271 g/mol. The van der Waals surface area contributed by atoms with Gasteiger partial charge in [-0.1, -0.05) is 34.1 Å². The van der Waals surface area contributed by atoms with E-state index in [1.165, 1.54) is 11.3 Å². The Kier molecular flexibility index (Phi) is 5.12. The maximum atomic E-state index is 9.62. The molecule has 0 radical (unpaired) electrons. The smallest absolute Gasteiger partial charge is 0.0811 e. The minimum atomic E-state index is -0.315. The number of aryl methyl sites for hydroxylation is 1. The Labute approximate surface area is 100 Å². The zero-order chi connectivity index (χ0) is 11.3. The number of hydrogen-bond acceptors (Lipinski definition) is 2. The second kappa shape index (κ2) is 6.13. The van der Waals surface area contributed by atoms with E-state index >= 15 is 0 Å². The van der Waals surface area contributed by atoms with Crippen LogP contribution in [0.15, 0.2) is 24.3 Å². The van der Waals surface area contributed by atoms with Crippen molar-refractivity contribution in [3.05, 3.63) is 29.8 Å². The summed E-state index contributed by atoms with van der Waals surface area (Å²) in [6.45, 7) is 5.79. The van der Waals surface area contributed by atoms with Crippen LogP contribution in [0.3, 0.4) is 0 Å². The van der Waals surface area contributed by atoms with Crippen LogP contribution in [0.5, 0.6) is 0 Å². The molecule has 0 amide bonds. The summed E-state index contributed by atoms with van der Waals surface area (Å²) in [5.41, 5.74) is 2.46. The fourth-order valence-electron chi connectivity index (χ4n) is 1.62. The second-order valence-corrected chi connectivity index (χ2v) is 4.28. The van der Waals surface area contributed by atoms with Crippen LogP contribution in [-0.2, 0) is 0 Å². The summed E-state index contributed by atoms with van der Waals surface area (Å²) in [5, 5.41) is 10.2. The number of aliphatic hydroxyl groups is 1. The third kappa shape index (κ3) is 3.50. The summed E-state index contributed by atoms with van der Waals surface area (Å²) < 4.78 is 0. The highest BCUT2D eigenvalue weighted by Crippen LogP contribution is 2.19. The molecule has 1 rings (SSSR count). The highest BCUT2D eigenvalue weighted by atomic mass is 79.9. The van der Waals surface area contributed by atoms with Crippen LogP contribution in [0.4, 0.5) is 5.69 Å². The topological polar surface area (TPSA) is 23.5 Å². The van der Waals surface area contributed by atoms with Crippen LogP contribution >= 0.6 is 15.9 Å². The molecule has 0 spiro atoms. The van der Waals surface area contributed by atoms with Crippen molar-refractivity contribution in [2.24, 2.45) is 0 Å². The maximum absolute atomic E-state index is 9.62. The third-order valence-corrected chi connectivity index (χ3v) is 3.19. The summed E-state index contributed by atoms with van der Waals surface area (Å²) in [6, 6.07) is 8.26. The molecule has 0 saturated heterocycles. The predicted octanol–water partition coefficient (Wildman–Crippen LogP) is 2.58. The van der Waals surface area contributed by atoms with Gasteiger partial charge in [0.05, 0.1) is 6.10 Å². The zero-order valence-corrected chi connectivity index (χ0v) is 10.9. The van der Waals surface area contributed by atoms with Gasteiger partial charge in [0.1, 0.15) is 0 Å². The van der Waals surface area contributed by atoms with Gasteiger partial charge in [-0.25, -0.2) is 0 Å². The first-order valence-electron chi connectivity index (χ1n) is 5.23. The summed E-state index contributed by atoms with van der Waals surface area (Å²) in [7, 11) is 0. The van der Waals surface area contributed by atoms with E-state index in [1.54, 1.807) is 0 Å². The lowest BCUT2D eigenvalue weighted by molar-refractivity contribution is 0.206. The van der Waals surface area contributed by atoms with Crippen molar-refractivity contribution in [2.45, 2.75) is 20.0 Å². The van der Waals surface area contributed by atoms with Crippen molar-refractivity contribution in [3.8, 4) is 0 Å². The van der Waals surface area contributed by atoms with Gasteiger partial charge in [-0.3, -0.25) is 0 Å². The van der Waals surface area contributed by atoms with Crippen LogP contribution in [0, 0.1) is 6.92 Å². The molecular weight excluding hydrogens is 254 g/mol. The van der Waals surface area contributed by atoms with E-state index in [0.717, 1.165) is 6.54 Å². The molecule has 0 bridgehead atoms. The highest BCUT2D eigenvalue weighted by Gasteiger charge is 2.11.